The Bertz CT molecular complexity index is 376. The molecule has 0 aliphatic carbocycles. The minimum Gasteiger partial charge on any atom is -0.465 e. The summed E-state index contributed by atoms with van der Waals surface area (Å²) in [6.07, 6.45) is 5.43. The molecule has 29 heavy (non-hydrogen) atoms. The van der Waals surface area contributed by atoms with E-state index in [1.165, 1.54) is 6.42 Å². The van der Waals surface area contributed by atoms with Crippen molar-refractivity contribution in [3.8, 4) is 0 Å². The number of hydrogen-bond donors (Lipinski definition) is 1. The standard InChI is InChI=1S/C11H22O2.C8H18.C7H16O/c1-9(2)10(12)13-8-6-7-11(3,4)5;1-7(2)6-8(3,4)5;1-7(2,3)5-4-6-8/h9H,6-8H2,1-5H3;7H,6H2,1-5H3;8H,4-6H2,1-3H3. The number of ether oxygens (including phenoxy) is 1. The zero-order valence-corrected chi connectivity index (χ0v) is 22.4. The van der Waals surface area contributed by atoms with E-state index in [9.17, 15) is 4.79 Å². The van der Waals surface area contributed by atoms with Crippen LogP contribution in [0.15, 0.2) is 0 Å². The van der Waals surface area contributed by atoms with Gasteiger partial charge in [-0.1, -0.05) is 90.0 Å². The largest absolute Gasteiger partial charge is 0.465 e. The normalized spacial score (nSPS) is 12.1. The smallest absolute Gasteiger partial charge is 0.308 e. The number of hydrogen-bond acceptors (Lipinski definition) is 3. The molecule has 0 amide bonds. The van der Waals surface area contributed by atoms with Gasteiger partial charge in [0.25, 0.3) is 0 Å². The van der Waals surface area contributed by atoms with Gasteiger partial charge in [0.1, 0.15) is 0 Å². The molecule has 1 N–H and O–H groups in total. The average Bonchev–Trinajstić information content (AvgIpc) is 2.46. The SMILES string of the molecule is CC(C)(C)CCCO.CC(C)C(=O)OCCCC(C)(C)C.CC(C)CC(C)(C)C. The molecule has 0 heterocycles. The van der Waals surface area contributed by atoms with E-state index < -0.39 is 0 Å². The molecule has 0 aliphatic heterocycles. The number of aliphatic hydroxyl groups is 1. The van der Waals surface area contributed by atoms with Gasteiger partial charge < -0.3 is 9.84 Å². The minimum absolute atomic E-state index is 0.00497. The molecule has 0 radical (unpaired) electrons. The van der Waals surface area contributed by atoms with E-state index in [0.29, 0.717) is 29.5 Å². The molecule has 0 aromatic carbocycles. The van der Waals surface area contributed by atoms with Crippen LogP contribution < -0.4 is 0 Å². The number of carbonyl (C=O) groups is 1. The summed E-state index contributed by atoms with van der Waals surface area (Å²) in [4.78, 5) is 11.0. The van der Waals surface area contributed by atoms with Crippen LogP contribution in [0.5, 0.6) is 0 Å². The molecule has 0 fully saturated rings. The Morgan fingerprint density at radius 2 is 1.17 bits per heavy atom. The minimum atomic E-state index is -0.0890. The van der Waals surface area contributed by atoms with Crippen molar-refractivity contribution in [2.24, 2.45) is 28.1 Å². The van der Waals surface area contributed by atoms with Gasteiger partial charge in [-0.25, -0.2) is 0 Å². The maximum atomic E-state index is 11.0. The fourth-order valence-corrected chi connectivity index (χ4v) is 2.78. The highest BCUT2D eigenvalue weighted by molar-refractivity contribution is 5.71. The fraction of sp³-hybridized carbons (Fsp3) is 0.962. The van der Waals surface area contributed by atoms with E-state index in [0.717, 1.165) is 31.6 Å². The van der Waals surface area contributed by atoms with Crippen molar-refractivity contribution in [1.82, 2.24) is 0 Å². The third-order valence-corrected chi connectivity index (χ3v) is 3.89. The molecule has 178 valence electrons. The van der Waals surface area contributed by atoms with E-state index in [2.05, 4.69) is 76.2 Å². The first-order valence-electron chi connectivity index (χ1n) is 11.6. The molecule has 3 heteroatoms. The quantitative estimate of drug-likeness (QED) is 0.339. The van der Waals surface area contributed by atoms with E-state index in [4.69, 9.17) is 9.84 Å². The summed E-state index contributed by atoms with van der Waals surface area (Å²) in [5.41, 5.74) is 1.25. The molecule has 0 rings (SSSR count). The topological polar surface area (TPSA) is 46.5 Å². The molecular formula is C26H56O3. The fourth-order valence-electron chi connectivity index (χ4n) is 2.78. The molecule has 0 spiro atoms. The van der Waals surface area contributed by atoms with Crippen molar-refractivity contribution >= 4 is 5.97 Å². The maximum Gasteiger partial charge on any atom is 0.308 e. The average molecular weight is 417 g/mol. The summed E-state index contributed by atoms with van der Waals surface area (Å²) in [6.45, 7) is 29.1. The van der Waals surface area contributed by atoms with Gasteiger partial charge in [0, 0.05) is 6.61 Å². The lowest BCUT2D eigenvalue weighted by atomic mass is 9.86. The molecule has 0 bridgehead atoms. The van der Waals surface area contributed by atoms with E-state index in [1.54, 1.807) is 0 Å². The Hall–Kier alpha value is -0.570. The van der Waals surface area contributed by atoms with Crippen molar-refractivity contribution in [3.63, 3.8) is 0 Å². The first-order chi connectivity index (χ1) is 12.8. The summed E-state index contributed by atoms with van der Waals surface area (Å²) >= 11 is 0. The molecule has 3 nitrogen and oxygen atoms in total. The number of carbonyl (C=O) groups excluding carboxylic acids is 1. The highest BCUT2D eigenvalue weighted by Crippen LogP contribution is 2.23. The van der Waals surface area contributed by atoms with Crippen LogP contribution >= 0.6 is 0 Å². The Balaban J connectivity index is -0.000000368. The second-order valence-electron chi connectivity index (χ2n) is 12.5. The van der Waals surface area contributed by atoms with Gasteiger partial charge in [-0.3, -0.25) is 4.79 Å². The zero-order chi connectivity index (χ0) is 23.9. The van der Waals surface area contributed by atoms with Gasteiger partial charge >= 0.3 is 5.97 Å². The Labute approximate surface area is 184 Å². The Morgan fingerprint density at radius 3 is 1.38 bits per heavy atom. The summed E-state index contributed by atoms with van der Waals surface area (Å²) in [7, 11) is 0. The van der Waals surface area contributed by atoms with E-state index in [1.807, 2.05) is 13.8 Å². The van der Waals surface area contributed by atoms with Crippen molar-refractivity contribution in [2.75, 3.05) is 13.2 Å². The van der Waals surface area contributed by atoms with Crippen LogP contribution in [-0.2, 0) is 9.53 Å². The number of aliphatic hydroxyl groups excluding tert-OH is 1. The summed E-state index contributed by atoms with van der Waals surface area (Å²) < 4.78 is 5.06. The van der Waals surface area contributed by atoms with Crippen molar-refractivity contribution in [1.29, 1.82) is 0 Å². The first kappa shape index (κ1) is 33.1. The third kappa shape index (κ3) is 38.6. The van der Waals surface area contributed by atoms with Crippen LogP contribution in [0.25, 0.3) is 0 Å². The molecular weight excluding hydrogens is 360 g/mol. The van der Waals surface area contributed by atoms with Gasteiger partial charge in [-0.2, -0.15) is 0 Å². The first-order valence-corrected chi connectivity index (χ1v) is 11.6. The van der Waals surface area contributed by atoms with Crippen LogP contribution in [-0.4, -0.2) is 24.3 Å². The Morgan fingerprint density at radius 1 is 0.759 bits per heavy atom. The van der Waals surface area contributed by atoms with Crippen molar-refractivity contribution < 1.29 is 14.6 Å². The Kier molecular flexibility index (Phi) is 18.4. The number of esters is 1. The van der Waals surface area contributed by atoms with Crippen molar-refractivity contribution in [3.05, 3.63) is 0 Å². The predicted molar refractivity (Wildman–Crippen MR) is 129 cm³/mol. The van der Waals surface area contributed by atoms with Crippen LogP contribution in [0.3, 0.4) is 0 Å². The van der Waals surface area contributed by atoms with Crippen LogP contribution in [0.1, 0.15) is 122 Å². The van der Waals surface area contributed by atoms with Gasteiger partial charge in [0.2, 0.25) is 0 Å². The second-order valence-corrected chi connectivity index (χ2v) is 12.5. The van der Waals surface area contributed by atoms with Gasteiger partial charge in [-0.05, 0) is 54.3 Å². The predicted octanol–water partition coefficient (Wildman–Crippen LogP) is 7.90. The van der Waals surface area contributed by atoms with E-state index >= 15 is 0 Å². The van der Waals surface area contributed by atoms with Crippen LogP contribution in [0, 0.1) is 28.1 Å². The van der Waals surface area contributed by atoms with Gasteiger partial charge in [-0.15, -0.1) is 0 Å². The van der Waals surface area contributed by atoms with Gasteiger partial charge in [0.05, 0.1) is 12.5 Å². The summed E-state index contributed by atoms with van der Waals surface area (Å²) in [5.74, 6) is 0.749. The van der Waals surface area contributed by atoms with Crippen LogP contribution in [0.2, 0.25) is 0 Å². The molecule has 0 saturated carbocycles. The lowest BCUT2D eigenvalue weighted by molar-refractivity contribution is -0.147. The van der Waals surface area contributed by atoms with E-state index in [-0.39, 0.29) is 11.9 Å². The molecule has 0 aliphatic rings. The molecule has 0 unspecified atom stereocenters. The maximum absolute atomic E-state index is 11.0. The lowest BCUT2D eigenvalue weighted by Crippen LogP contribution is -2.14. The van der Waals surface area contributed by atoms with Crippen molar-refractivity contribution in [2.45, 2.75) is 122 Å². The molecule has 0 aromatic rings. The molecule has 0 aromatic heterocycles. The van der Waals surface area contributed by atoms with Crippen LogP contribution in [0.4, 0.5) is 0 Å². The summed E-state index contributed by atoms with van der Waals surface area (Å²) in [6, 6.07) is 0. The third-order valence-electron chi connectivity index (χ3n) is 3.89. The molecule has 0 atom stereocenters. The highest BCUT2D eigenvalue weighted by atomic mass is 16.5. The zero-order valence-electron chi connectivity index (χ0n) is 22.4. The molecule has 0 saturated heterocycles. The lowest BCUT2D eigenvalue weighted by Gasteiger charge is -2.19. The second kappa shape index (κ2) is 16.2. The van der Waals surface area contributed by atoms with Gasteiger partial charge in [0.15, 0.2) is 0 Å². The highest BCUT2D eigenvalue weighted by Gasteiger charge is 2.12. The number of rotatable bonds is 7. The monoisotopic (exact) mass is 416 g/mol. The summed E-state index contributed by atoms with van der Waals surface area (Å²) in [5, 5.41) is 8.43.